The number of para-hydroxylation sites is 1. The molecule has 0 aliphatic heterocycles. The number of ether oxygens (including phenoxy) is 1. The van der Waals surface area contributed by atoms with Crippen molar-refractivity contribution < 1.29 is 4.74 Å². The first-order valence-corrected chi connectivity index (χ1v) is 7.30. The van der Waals surface area contributed by atoms with E-state index in [2.05, 4.69) is 10.5 Å². The lowest BCUT2D eigenvalue weighted by Crippen LogP contribution is -1.96. The second-order valence-electron chi connectivity index (χ2n) is 3.97. The zero-order valence-electron chi connectivity index (χ0n) is 10.8. The van der Waals surface area contributed by atoms with Gasteiger partial charge in [0.1, 0.15) is 5.75 Å². The van der Waals surface area contributed by atoms with E-state index in [0.29, 0.717) is 37.1 Å². The number of halogens is 4. The molecular weight excluding hydrogens is 354 g/mol. The maximum atomic E-state index is 6.12. The molecule has 0 atom stereocenters. The van der Waals surface area contributed by atoms with Crippen LogP contribution in [0.1, 0.15) is 5.56 Å². The van der Waals surface area contributed by atoms with Gasteiger partial charge in [-0.25, -0.2) is 0 Å². The molecule has 21 heavy (non-hydrogen) atoms. The van der Waals surface area contributed by atoms with Crippen LogP contribution in [0.5, 0.6) is 5.75 Å². The predicted octanol–water partition coefficient (Wildman–Crippen LogP) is 5.75. The third-order valence-corrected chi connectivity index (χ3v) is 3.77. The van der Waals surface area contributed by atoms with E-state index < -0.39 is 0 Å². The monoisotopic (exact) mass is 362 g/mol. The zero-order valence-corrected chi connectivity index (χ0v) is 13.9. The lowest BCUT2D eigenvalue weighted by atomic mass is 10.2. The van der Waals surface area contributed by atoms with Crippen LogP contribution in [-0.4, -0.2) is 13.3 Å². The van der Waals surface area contributed by atoms with Crippen LogP contribution in [0, 0.1) is 0 Å². The summed E-state index contributed by atoms with van der Waals surface area (Å²) in [5.41, 5.74) is 3.89. The van der Waals surface area contributed by atoms with Gasteiger partial charge in [-0.2, -0.15) is 5.10 Å². The van der Waals surface area contributed by atoms with Gasteiger partial charge in [-0.1, -0.05) is 52.5 Å². The number of hydrogen-bond donors (Lipinski definition) is 1. The first-order valence-electron chi connectivity index (χ1n) is 5.79. The summed E-state index contributed by atoms with van der Waals surface area (Å²) in [4.78, 5) is 0. The standard InChI is InChI=1S/C14H10Cl4N2O/c1-21-13-6-8(15)5-12(18)9(13)7-19-20-14-10(16)3-2-4-11(14)17/h2-7,20H,1H3/b19-7+. The van der Waals surface area contributed by atoms with Gasteiger partial charge in [0.05, 0.1) is 39.6 Å². The van der Waals surface area contributed by atoms with E-state index in [1.54, 1.807) is 30.3 Å². The molecule has 0 aliphatic rings. The number of hydrazone groups is 1. The molecular formula is C14H10Cl4N2O. The molecule has 2 aromatic rings. The average molecular weight is 364 g/mol. The maximum Gasteiger partial charge on any atom is 0.130 e. The van der Waals surface area contributed by atoms with E-state index in [4.69, 9.17) is 51.1 Å². The van der Waals surface area contributed by atoms with Crippen molar-refractivity contribution in [2.75, 3.05) is 12.5 Å². The number of benzene rings is 2. The second kappa shape index (κ2) is 7.23. The molecule has 0 amide bonds. The predicted molar refractivity (Wildman–Crippen MR) is 90.7 cm³/mol. The van der Waals surface area contributed by atoms with Crippen molar-refractivity contribution in [2.45, 2.75) is 0 Å². The maximum absolute atomic E-state index is 6.12. The summed E-state index contributed by atoms with van der Waals surface area (Å²) < 4.78 is 5.22. The Kier molecular flexibility index (Phi) is 5.59. The van der Waals surface area contributed by atoms with Crippen molar-refractivity contribution in [3.63, 3.8) is 0 Å². The minimum absolute atomic E-state index is 0.426. The van der Waals surface area contributed by atoms with Crippen molar-refractivity contribution in [1.29, 1.82) is 0 Å². The number of nitrogens with zero attached hydrogens (tertiary/aromatic N) is 1. The largest absolute Gasteiger partial charge is 0.496 e. The van der Waals surface area contributed by atoms with E-state index in [9.17, 15) is 0 Å². The van der Waals surface area contributed by atoms with Crippen LogP contribution in [0.25, 0.3) is 0 Å². The van der Waals surface area contributed by atoms with E-state index in [1.165, 1.54) is 13.3 Å². The van der Waals surface area contributed by atoms with Crippen molar-refractivity contribution in [3.05, 3.63) is 56.0 Å². The van der Waals surface area contributed by atoms with Gasteiger partial charge < -0.3 is 4.74 Å². The molecule has 0 spiro atoms. The average Bonchev–Trinajstić information content (AvgIpc) is 2.43. The summed E-state index contributed by atoms with van der Waals surface area (Å²) in [6.07, 6.45) is 1.51. The van der Waals surface area contributed by atoms with Crippen LogP contribution in [0.2, 0.25) is 20.1 Å². The lowest BCUT2D eigenvalue weighted by Gasteiger charge is -2.08. The Morgan fingerprint density at radius 2 is 1.71 bits per heavy atom. The molecule has 0 fully saturated rings. The fraction of sp³-hybridized carbons (Fsp3) is 0.0714. The van der Waals surface area contributed by atoms with Crippen LogP contribution in [0.4, 0.5) is 5.69 Å². The summed E-state index contributed by atoms with van der Waals surface area (Å²) >= 11 is 24.1. The quantitative estimate of drug-likeness (QED) is 0.553. The molecule has 0 heterocycles. The molecule has 0 aromatic heterocycles. The Bertz CT molecular complexity index is 669. The Morgan fingerprint density at radius 1 is 1.05 bits per heavy atom. The number of methoxy groups -OCH3 is 1. The molecule has 0 saturated carbocycles. The number of nitrogens with one attached hydrogen (secondary N) is 1. The summed E-state index contributed by atoms with van der Waals surface area (Å²) in [7, 11) is 1.53. The number of hydrogen-bond acceptors (Lipinski definition) is 3. The summed E-state index contributed by atoms with van der Waals surface area (Å²) in [6.45, 7) is 0. The summed E-state index contributed by atoms with van der Waals surface area (Å²) in [5, 5.41) is 5.92. The first-order chi connectivity index (χ1) is 10.0. The number of rotatable bonds is 4. The van der Waals surface area contributed by atoms with E-state index in [0.717, 1.165) is 0 Å². The van der Waals surface area contributed by atoms with Crippen molar-refractivity contribution in [2.24, 2.45) is 5.10 Å². The van der Waals surface area contributed by atoms with Gasteiger partial charge in [-0.05, 0) is 24.3 Å². The molecule has 0 unspecified atom stereocenters. The lowest BCUT2D eigenvalue weighted by molar-refractivity contribution is 0.414. The van der Waals surface area contributed by atoms with E-state index >= 15 is 0 Å². The molecule has 110 valence electrons. The van der Waals surface area contributed by atoms with Crippen molar-refractivity contribution in [3.8, 4) is 5.75 Å². The highest BCUT2D eigenvalue weighted by molar-refractivity contribution is 6.39. The number of anilines is 1. The smallest absolute Gasteiger partial charge is 0.130 e. The van der Waals surface area contributed by atoms with Gasteiger partial charge in [0, 0.05) is 5.02 Å². The highest BCUT2D eigenvalue weighted by atomic mass is 35.5. The minimum atomic E-state index is 0.426. The SMILES string of the molecule is COc1cc(Cl)cc(Cl)c1/C=N/Nc1c(Cl)cccc1Cl. The van der Waals surface area contributed by atoms with Gasteiger partial charge in [0.15, 0.2) is 0 Å². The van der Waals surface area contributed by atoms with Gasteiger partial charge in [0.2, 0.25) is 0 Å². The van der Waals surface area contributed by atoms with E-state index in [1.807, 2.05) is 0 Å². The minimum Gasteiger partial charge on any atom is -0.496 e. The third kappa shape index (κ3) is 3.95. The molecule has 1 N–H and O–H groups in total. The topological polar surface area (TPSA) is 33.6 Å². The third-order valence-electron chi connectivity index (χ3n) is 2.61. The van der Waals surface area contributed by atoms with Gasteiger partial charge >= 0.3 is 0 Å². The van der Waals surface area contributed by atoms with Crippen LogP contribution in [0.3, 0.4) is 0 Å². The highest BCUT2D eigenvalue weighted by Gasteiger charge is 2.08. The molecule has 2 aromatic carbocycles. The van der Waals surface area contributed by atoms with Crippen LogP contribution in [0.15, 0.2) is 35.4 Å². The normalized spacial score (nSPS) is 10.9. The van der Waals surface area contributed by atoms with Crippen LogP contribution >= 0.6 is 46.4 Å². The molecule has 2 rings (SSSR count). The fourth-order valence-electron chi connectivity index (χ4n) is 1.62. The molecule has 0 saturated heterocycles. The summed E-state index contributed by atoms with van der Waals surface area (Å²) in [5.74, 6) is 0.517. The molecule has 0 bridgehead atoms. The molecule has 0 radical (unpaired) electrons. The highest BCUT2D eigenvalue weighted by Crippen LogP contribution is 2.31. The summed E-state index contributed by atoms with van der Waals surface area (Å²) in [6, 6.07) is 8.42. The first kappa shape index (κ1) is 16.2. The van der Waals surface area contributed by atoms with Gasteiger partial charge in [-0.3, -0.25) is 5.43 Å². The Labute approximate surface area is 142 Å². The van der Waals surface area contributed by atoms with E-state index in [-0.39, 0.29) is 0 Å². The molecule has 0 aliphatic carbocycles. The van der Waals surface area contributed by atoms with Crippen LogP contribution < -0.4 is 10.2 Å². The van der Waals surface area contributed by atoms with Crippen LogP contribution in [-0.2, 0) is 0 Å². The molecule has 7 heteroatoms. The Balaban J connectivity index is 2.26. The molecule has 3 nitrogen and oxygen atoms in total. The Morgan fingerprint density at radius 3 is 2.33 bits per heavy atom. The van der Waals surface area contributed by atoms with Crippen molar-refractivity contribution in [1.82, 2.24) is 0 Å². The fourth-order valence-corrected chi connectivity index (χ4v) is 2.63. The second-order valence-corrected chi connectivity index (χ2v) is 5.63. The Hall–Kier alpha value is -1.13. The van der Waals surface area contributed by atoms with Gasteiger partial charge in [0.25, 0.3) is 0 Å². The zero-order chi connectivity index (χ0) is 15.4. The van der Waals surface area contributed by atoms with Crippen molar-refractivity contribution >= 4 is 58.3 Å². The van der Waals surface area contributed by atoms with Gasteiger partial charge in [-0.15, -0.1) is 0 Å².